The van der Waals surface area contributed by atoms with Crippen molar-refractivity contribution < 1.29 is 19.3 Å². The summed E-state index contributed by atoms with van der Waals surface area (Å²) in [6.45, 7) is 3.53. The van der Waals surface area contributed by atoms with Crippen LogP contribution in [0.25, 0.3) is 11.0 Å². The highest BCUT2D eigenvalue weighted by Crippen LogP contribution is 2.43. The van der Waals surface area contributed by atoms with E-state index in [1.165, 1.54) is 0 Å². The molecule has 1 N–H and O–H groups in total. The molecule has 2 saturated heterocycles. The van der Waals surface area contributed by atoms with Crippen LogP contribution in [0.5, 0.6) is 0 Å². The van der Waals surface area contributed by atoms with E-state index in [0.29, 0.717) is 10.8 Å². The molecule has 8 heteroatoms. The zero-order chi connectivity index (χ0) is 15.5. The van der Waals surface area contributed by atoms with E-state index in [2.05, 4.69) is 10.1 Å². The van der Waals surface area contributed by atoms with Crippen LogP contribution in [-0.2, 0) is 14.2 Å². The van der Waals surface area contributed by atoms with Crippen LogP contribution in [0.4, 0.5) is 0 Å². The van der Waals surface area contributed by atoms with Crippen LogP contribution in [0.3, 0.4) is 0 Å². The van der Waals surface area contributed by atoms with E-state index in [-0.39, 0.29) is 18.8 Å². The molecule has 0 radical (unpaired) electrons. The molecule has 2 fully saturated rings. The smallest absolute Gasteiger partial charge is 0.181 e. The summed E-state index contributed by atoms with van der Waals surface area (Å²) in [5.74, 6) is -0.723. The van der Waals surface area contributed by atoms with Gasteiger partial charge in [0.05, 0.1) is 12.8 Å². The molecule has 2 aliphatic rings. The summed E-state index contributed by atoms with van der Waals surface area (Å²) in [6, 6.07) is 3.56. The third-order valence-corrected chi connectivity index (χ3v) is 4.17. The Labute approximate surface area is 131 Å². The van der Waals surface area contributed by atoms with Gasteiger partial charge in [-0.05, 0) is 26.0 Å². The van der Waals surface area contributed by atoms with E-state index in [4.69, 9.17) is 25.8 Å². The number of halogens is 1. The lowest BCUT2D eigenvalue weighted by Gasteiger charge is -2.23. The van der Waals surface area contributed by atoms with Gasteiger partial charge >= 0.3 is 0 Å². The molecule has 4 atom stereocenters. The lowest BCUT2D eigenvalue weighted by Crippen LogP contribution is -2.31. The molecule has 0 bridgehead atoms. The van der Waals surface area contributed by atoms with E-state index in [9.17, 15) is 5.11 Å². The van der Waals surface area contributed by atoms with Crippen LogP contribution < -0.4 is 0 Å². The lowest BCUT2D eigenvalue weighted by molar-refractivity contribution is -0.201. The third kappa shape index (κ3) is 2.12. The van der Waals surface area contributed by atoms with Gasteiger partial charge in [-0.2, -0.15) is 5.10 Å². The highest BCUT2D eigenvalue weighted by atomic mass is 35.5. The molecule has 0 aromatic carbocycles. The minimum atomic E-state index is -0.723. The number of aromatic nitrogens is 3. The van der Waals surface area contributed by atoms with E-state index < -0.39 is 18.1 Å². The van der Waals surface area contributed by atoms with Crippen LogP contribution in [0.15, 0.2) is 18.3 Å². The maximum Gasteiger partial charge on any atom is 0.181 e. The van der Waals surface area contributed by atoms with Crippen molar-refractivity contribution in [1.29, 1.82) is 0 Å². The number of aliphatic hydroxyl groups is 1. The highest BCUT2D eigenvalue weighted by molar-refractivity contribution is 6.29. The van der Waals surface area contributed by atoms with Gasteiger partial charge in [-0.15, -0.1) is 0 Å². The first-order valence-corrected chi connectivity index (χ1v) is 7.48. The number of hydrogen-bond donors (Lipinski definition) is 1. The lowest BCUT2D eigenvalue weighted by atomic mass is 10.1. The van der Waals surface area contributed by atoms with Crippen LogP contribution in [-0.4, -0.2) is 50.6 Å². The van der Waals surface area contributed by atoms with Gasteiger partial charge < -0.3 is 19.3 Å². The second kappa shape index (κ2) is 4.87. The molecule has 4 rings (SSSR count). The number of pyridine rings is 1. The number of rotatable bonds is 2. The molecule has 7 nitrogen and oxygen atoms in total. The molecule has 4 heterocycles. The standard InChI is InChI=1S/C14H16ClN3O4/c1-14(2)21-10-8(6-19)20-13(11(10)22-14)18-12-7(5-16-18)3-4-9(15)17-12/h3-5,8,10-11,13,19H,6H2,1-2H3/t8-,10-,11-,13-/m1/s1. The minimum absolute atomic E-state index is 0.148. The molecule has 0 saturated carbocycles. The Kier molecular flexibility index (Phi) is 3.18. The normalized spacial score (nSPS) is 33.5. The zero-order valence-corrected chi connectivity index (χ0v) is 12.9. The monoisotopic (exact) mass is 325 g/mol. The summed E-state index contributed by atoms with van der Waals surface area (Å²) in [5, 5.41) is 15.1. The zero-order valence-electron chi connectivity index (χ0n) is 12.1. The van der Waals surface area contributed by atoms with Crippen molar-refractivity contribution in [3.63, 3.8) is 0 Å². The van der Waals surface area contributed by atoms with Gasteiger partial charge in [0.25, 0.3) is 0 Å². The summed E-state index contributed by atoms with van der Waals surface area (Å²) in [5.41, 5.74) is 0.614. The Bertz CT molecular complexity index is 719. The van der Waals surface area contributed by atoms with Gasteiger partial charge in [-0.1, -0.05) is 11.6 Å². The number of fused-ring (bicyclic) bond motifs is 2. The first-order valence-electron chi connectivity index (χ1n) is 7.10. The van der Waals surface area contributed by atoms with Gasteiger partial charge in [0.15, 0.2) is 17.7 Å². The summed E-state index contributed by atoms with van der Waals surface area (Å²) >= 11 is 5.98. The van der Waals surface area contributed by atoms with Crippen molar-refractivity contribution >= 4 is 22.6 Å². The molecule has 118 valence electrons. The van der Waals surface area contributed by atoms with Gasteiger partial charge in [0, 0.05) is 5.39 Å². The van der Waals surface area contributed by atoms with Crippen molar-refractivity contribution in [2.24, 2.45) is 0 Å². The third-order valence-electron chi connectivity index (χ3n) is 3.96. The molecular formula is C14H16ClN3O4. The molecule has 0 spiro atoms. The maximum atomic E-state index is 9.53. The molecule has 2 aliphatic heterocycles. The SMILES string of the molecule is CC1(C)O[C@@H]2[C@H](O1)[C@@H](CO)O[C@H]2n1ncc2ccc(Cl)nc21. The fraction of sp³-hybridized carbons (Fsp3) is 0.571. The summed E-state index contributed by atoms with van der Waals surface area (Å²) in [6.07, 6.45) is 0.00613. The molecule has 0 aliphatic carbocycles. The Balaban J connectivity index is 1.76. The fourth-order valence-corrected chi connectivity index (χ4v) is 3.23. The number of aliphatic hydroxyl groups excluding tert-OH is 1. The van der Waals surface area contributed by atoms with Crippen LogP contribution in [0.1, 0.15) is 20.1 Å². The fourth-order valence-electron chi connectivity index (χ4n) is 3.09. The van der Waals surface area contributed by atoms with E-state index >= 15 is 0 Å². The van der Waals surface area contributed by atoms with Crippen molar-refractivity contribution in [2.75, 3.05) is 6.61 Å². The molecule has 22 heavy (non-hydrogen) atoms. The average Bonchev–Trinajstić information content (AvgIpc) is 3.09. The average molecular weight is 326 g/mol. The van der Waals surface area contributed by atoms with Crippen LogP contribution in [0.2, 0.25) is 5.15 Å². The largest absolute Gasteiger partial charge is 0.394 e. The van der Waals surface area contributed by atoms with Crippen molar-refractivity contribution in [3.8, 4) is 0 Å². The second-order valence-electron chi connectivity index (χ2n) is 5.95. The Morgan fingerprint density at radius 3 is 2.86 bits per heavy atom. The Morgan fingerprint density at radius 1 is 1.32 bits per heavy atom. The highest BCUT2D eigenvalue weighted by Gasteiger charge is 2.56. The number of hydrogen-bond acceptors (Lipinski definition) is 6. The molecule has 2 aromatic rings. The maximum absolute atomic E-state index is 9.53. The first kappa shape index (κ1) is 14.3. The molecule has 2 aromatic heterocycles. The van der Waals surface area contributed by atoms with Crippen molar-refractivity contribution in [2.45, 2.75) is 44.2 Å². The number of ether oxygens (including phenoxy) is 3. The van der Waals surface area contributed by atoms with Gasteiger partial charge in [0.1, 0.15) is 23.5 Å². The predicted molar refractivity (Wildman–Crippen MR) is 77.4 cm³/mol. The van der Waals surface area contributed by atoms with E-state index in [1.54, 1.807) is 16.9 Å². The van der Waals surface area contributed by atoms with Crippen molar-refractivity contribution in [3.05, 3.63) is 23.5 Å². The summed E-state index contributed by atoms with van der Waals surface area (Å²) in [7, 11) is 0. The topological polar surface area (TPSA) is 78.6 Å². The quantitative estimate of drug-likeness (QED) is 0.843. The predicted octanol–water partition coefficient (Wildman–Crippen LogP) is 1.49. The molecule has 0 amide bonds. The van der Waals surface area contributed by atoms with Crippen LogP contribution in [0, 0.1) is 0 Å². The summed E-state index contributed by atoms with van der Waals surface area (Å²) < 4.78 is 19.3. The minimum Gasteiger partial charge on any atom is -0.394 e. The van der Waals surface area contributed by atoms with Gasteiger partial charge in [-0.3, -0.25) is 0 Å². The van der Waals surface area contributed by atoms with Gasteiger partial charge in [0.2, 0.25) is 0 Å². The van der Waals surface area contributed by atoms with Gasteiger partial charge in [-0.25, -0.2) is 9.67 Å². The van der Waals surface area contributed by atoms with E-state index in [0.717, 1.165) is 5.39 Å². The van der Waals surface area contributed by atoms with E-state index in [1.807, 2.05) is 19.9 Å². The molecular weight excluding hydrogens is 310 g/mol. The molecule has 0 unspecified atom stereocenters. The summed E-state index contributed by atoms with van der Waals surface area (Å²) in [4.78, 5) is 4.31. The Morgan fingerprint density at radius 2 is 2.09 bits per heavy atom. The van der Waals surface area contributed by atoms with Crippen LogP contribution >= 0.6 is 11.6 Å². The first-order chi connectivity index (χ1) is 10.5. The second-order valence-corrected chi connectivity index (χ2v) is 6.34. The van der Waals surface area contributed by atoms with Crippen molar-refractivity contribution in [1.82, 2.24) is 14.8 Å². The Hall–Kier alpha value is -1.25. The number of nitrogens with zero attached hydrogens (tertiary/aromatic N) is 3.